The summed E-state index contributed by atoms with van der Waals surface area (Å²) in [7, 11) is 0. The first-order chi connectivity index (χ1) is 12.1. The van der Waals surface area contributed by atoms with Crippen molar-refractivity contribution in [3.05, 3.63) is 35.4 Å². The monoisotopic (exact) mass is 347 g/mol. The van der Waals surface area contributed by atoms with Crippen molar-refractivity contribution in [3.8, 4) is 0 Å². The maximum atomic E-state index is 12.3. The third kappa shape index (κ3) is 6.74. The summed E-state index contributed by atoms with van der Waals surface area (Å²) >= 11 is 0. The molecule has 3 amide bonds. The minimum absolute atomic E-state index is 0.262. The van der Waals surface area contributed by atoms with E-state index >= 15 is 0 Å². The van der Waals surface area contributed by atoms with Gasteiger partial charge in [0.2, 0.25) is 5.91 Å². The first-order valence-electron chi connectivity index (χ1n) is 9.25. The van der Waals surface area contributed by atoms with E-state index in [1.54, 1.807) is 4.90 Å². The molecule has 2 rings (SSSR count). The van der Waals surface area contributed by atoms with Crippen LogP contribution < -0.4 is 16.0 Å². The van der Waals surface area contributed by atoms with E-state index in [0.29, 0.717) is 13.0 Å². The number of amides is 3. The summed E-state index contributed by atoms with van der Waals surface area (Å²) in [6, 6.07) is 8.05. The van der Waals surface area contributed by atoms with Crippen molar-refractivity contribution in [2.45, 2.75) is 39.2 Å². The van der Waals surface area contributed by atoms with Crippen LogP contribution in [0.25, 0.3) is 0 Å². The fraction of sp³-hybridized carbons (Fsp3) is 0.579. The Morgan fingerprint density at radius 3 is 2.56 bits per heavy atom. The molecule has 1 aromatic carbocycles. The van der Waals surface area contributed by atoms with Crippen LogP contribution in [0, 0.1) is 6.92 Å². The number of nitrogens with one attached hydrogen (secondary N) is 2. The molecule has 6 nitrogen and oxygen atoms in total. The summed E-state index contributed by atoms with van der Waals surface area (Å²) in [6.45, 7) is 7.53. The topological polar surface area (TPSA) is 79.9 Å². The fourth-order valence-electron chi connectivity index (χ4n) is 3.27. The Bertz CT molecular complexity index is 568. The summed E-state index contributed by atoms with van der Waals surface area (Å²) in [5.74, 6) is 0.262. The first-order valence-corrected chi connectivity index (χ1v) is 9.25. The number of piperazine rings is 1. The van der Waals surface area contributed by atoms with Gasteiger partial charge in [0, 0.05) is 18.5 Å². The van der Waals surface area contributed by atoms with Gasteiger partial charge in [-0.25, -0.2) is 4.79 Å². The second-order valence-corrected chi connectivity index (χ2v) is 6.84. The third-order valence-corrected chi connectivity index (χ3v) is 4.89. The summed E-state index contributed by atoms with van der Waals surface area (Å²) < 4.78 is 0. The van der Waals surface area contributed by atoms with E-state index in [9.17, 15) is 9.59 Å². The third-order valence-electron chi connectivity index (χ3n) is 4.89. The van der Waals surface area contributed by atoms with Crippen LogP contribution in [0.5, 0.6) is 0 Å². The molecule has 0 unspecified atom stereocenters. The highest BCUT2D eigenvalue weighted by Crippen LogP contribution is 2.06. The number of hydrogen-bond acceptors (Lipinski definition) is 2. The van der Waals surface area contributed by atoms with Crippen LogP contribution in [0.15, 0.2) is 24.3 Å². The van der Waals surface area contributed by atoms with Crippen LogP contribution in [0.3, 0.4) is 0 Å². The number of primary amides is 1. The molecule has 0 radical (unpaired) electrons. The van der Waals surface area contributed by atoms with Gasteiger partial charge in [0.15, 0.2) is 0 Å². The second-order valence-electron chi connectivity index (χ2n) is 6.84. The zero-order valence-electron chi connectivity index (χ0n) is 15.2. The highest BCUT2D eigenvalue weighted by molar-refractivity contribution is 5.76. The van der Waals surface area contributed by atoms with Gasteiger partial charge >= 0.3 is 6.03 Å². The molecule has 1 saturated heterocycles. The van der Waals surface area contributed by atoms with Gasteiger partial charge in [-0.1, -0.05) is 30.7 Å². The van der Waals surface area contributed by atoms with Gasteiger partial charge in [0.25, 0.3) is 0 Å². The van der Waals surface area contributed by atoms with Crippen LogP contribution in [-0.2, 0) is 11.3 Å². The van der Waals surface area contributed by atoms with Crippen LogP contribution in [0.1, 0.15) is 36.8 Å². The van der Waals surface area contributed by atoms with E-state index in [2.05, 4.69) is 36.5 Å². The molecule has 0 aromatic heterocycles. The van der Waals surface area contributed by atoms with Crippen LogP contribution in [-0.4, -0.2) is 49.6 Å². The highest BCUT2D eigenvalue weighted by Gasteiger charge is 2.23. The average Bonchev–Trinajstić information content (AvgIpc) is 2.60. The molecule has 25 heavy (non-hydrogen) atoms. The lowest BCUT2D eigenvalue weighted by molar-refractivity contribution is -0.917. The number of carbonyl (C=O) groups excluding carboxylic acids is 2. The number of urea groups is 1. The van der Waals surface area contributed by atoms with Crippen LogP contribution in [0.2, 0.25) is 0 Å². The molecule has 1 aromatic rings. The molecule has 0 spiro atoms. The van der Waals surface area contributed by atoms with Gasteiger partial charge in [-0.2, -0.15) is 0 Å². The van der Waals surface area contributed by atoms with E-state index in [1.807, 2.05) is 4.90 Å². The smallest absolute Gasteiger partial charge is 0.312 e. The molecule has 1 heterocycles. The lowest BCUT2D eigenvalue weighted by Crippen LogP contribution is -3.13. The quantitative estimate of drug-likeness (QED) is 0.597. The van der Waals surface area contributed by atoms with Crippen molar-refractivity contribution < 1.29 is 14.5 Å². The number of quaternary nitrogens is 1. The Balaban J connectivity index is 1.62. The average molecular weight is 347 g/mol. The maximum absolute atomic E-state index is 12.3. The summed E-state index contributed by atoms with van der Waals surface area (Å²) in [6.07, 6.45) is 3.27. The van der Waals surface area contributed by atoms with Crippen LogP contribution in [0.4, 0.5) is 4.79 Å². The second kappa shape index (κ2) is 10.0. The van der Waals surface area contributed by atoms with Gasteiger partial charge < -0.3 is 20.9 Å². The molecule has 1 aliphatic heterocycles. The highest BCUT2D eigenvalue weighted by atomic mass is 16.2. The lowest BCUT2D eigenvalue weighted by atomic mass is 10.1. The first kappa shape index (κ1) is 19.2. The minimum Gasteiger partial charge on any atom is -0.352 e. The van der Waals surface area contributed by atoms with Gasteiger partial charge in [-0.05, 0) is 25.3 Å². The van der Waals surface area contributed by atoms with Crippen molar-refractivity contribution >= 4 is 11.9 Å². The van der Waals surface area contributed by atoms with Crippen molar-refractivity contribution in [2.24, 2.45) is 5.73 Å². The molecule has 138 valence electrons. The van der Waals surface area contributed by atoms with Crippen molar-refractivity contribution in [2.75, 3.05) is 32.7 Å². The Hall–Kier alpha value is -2.08. The predicted octanol–water partition coefficient (Wildman–Crippen LogP) is 0.451. The number of benzene rings is 1. The summed E-state index contributed by atoms with van der Waals surface area (Å²) in [4.78, 5) is 26.4. The van der Waals surface area contributed by atoms with E-state index in [1.165, 1.54) is 11.1 Å². The van der Waals surface area contributed by atoms with E-state index < -0.39 is 6.03 Å². The molecule has 0 saturated carbocycles. The molecule has 4 N–H and O–H groups in total. The molecule has 0 atom stereocenters. The Morgan fingerprint density at radius 1 is 1.16 bits per heavy atom. The number of carbonyl (C=O) groups is 2. The van der Waals surface area contributed by atoms with Gasteiger partial charge in [-0.15, -0.1) is 0 Å². The normalized spacial score (nSPS) is 15.2. The standard InChI is InChI=1S/C19H30N4O2/c1-16-7-4-5-8-17(16)15-22-11-13-23(14-12-22)18(24)9-3-2-6-10-21-19(20)25/h4-5,7-8H,2-3,6,9-15H2,1H3,(H3,20,21,25)/p+1. The lowest BCUT2D eigenvalue weighted by Gasteiger charge is -2.32. The van der Waals surface area contributed by atoms with E-state index in [-0.39, 0.29) is 5.91 Å². The Labute approximate surface area is 150 Å². The molecule has 0 bridgehead atoms. The number of aryl methyl sites for hydroxylation is 1. The molecule has 6 heteroatoms. The zero-order valence-corrected chi connectivity index (χ0v) is 15.2. The molecular weight excluding hydrogens is 316 g/mol. The van der Waals surface area contributed by atoms with Crippen molar-refractivity contribution in [1.29, 1.82) is 0 Å². The van der Waals surface area contributed by atoms with Crippen molar-refractivity contribution in [3.63, 3.8) is 0 Å². The SMILES string of the molecule is Cc1ccccc1C[NH+]1CCN(C(=O)CCCCCNC(N)=O)CC1. The Kier molecular flexibility index (Phi) is 7.73. The predicted molar refractivity (Wildman–Crippen MR) is 98.2 cm³/mol. The van der Waals surface area contributed by atoms with E-state index in [4.69, 9.17) is 5.73 Å². The summed E-state index contributed by atoms with van der Waals surface area (Å²) in [5, 5.41) is 2.57. The largest absolute Gasteiger partial charge is 0.352 e. The van der Waals surface area contributed by atoms with Crippen LogP contribution >= 0.6 is 0 Å². The molecule has 1 aliphatic rings. The van der Waals surface area contributed by atoms with Gasteiger partial charge in [0.1, 0.15) is 6.54 Å². The minimum atomic E-state index is -0.484. The summed E-state index contributed by atoms with van der Waals surface area (Å²) in [5.41, 5.74) is 7.76. The zero-order chi connectivity index (χ0) is 18.1. The van der Waals surface area contributed by atoms with Crippen molar-refractivity contribution in [1.82, 2.24) is 10.2 Å². The number of rotatable bonds is 8. The fourth-order valence-corrected chi connectivity index (χ4v) is 3.27. The van der Waals surface area contributed by atoms with Gasteiger partial charge in [0.05, 0.1) is 26.2 Å². The number of nitrogens with zero attached hydrogens (tertiary/aromatic N) is 1. The Morgan fingerprint density at radius 2 is 1.88 bits per heavy atom. The number of nitrogens with two attached hydrogens (primary N) is 1. The number of hydrogen-bond donors (Lipinski definition) is 3. The maximum Gasteiger partial charge on any atom is 0.312 e. The molecular formula is C19H31N4O2+. The molecule has 0 aliphatic carbocycles. The number of unbranched alkanes of at least 4 members (excludes halogenated alkanes) is 2. The van der Waals surface area contributed by atoms with Gasteiger partial charge in [-0.3, -0.25) is 4.79 Å². The molecule has 1 fully saturated rings. The van der Waals surface area contributed by atoms with E-state index in [0.717, 1.165) is 52.0 Å².